The van der Waals surface area contributed by atoms with Gasteiger partial charge >= 0.3 is 11.6 Å². The lowest BCUT2D eigenvalue weighted by molar-refractivity contribution is -0.142. The molecule has 2 aromatic carbocycles. The van der Waals surface area contributed by atoms with Crippen LogP contribution in [0.4, 0.5) is 4.39 Å². The number of nitrogens with one attached hydrogen (secondary N) is 2. The van der Waals surface area contributed by atoms with Crippen molar-refractivity contribution in [3.63, 3.8) is 0 Å². The summed E-state index contributed by atoms with van der Waals surface area (Å²) in [5, 5.41) is 15.0. The molecule has 9 nitrogen and oxygen atoms in total. The van der Waals surface area contributed by atoms with Crippen LogP contribution in [0.15, 0.2) is 57.7 Å². The molecule has 3 aromatic rings. The summed E-state index contributed by atoms with van der Waals surface area (Å²) in [4.78, 5) is 48.5. The highest BCUT2D eigenvalue weighted by Gasteiger charge is 2.28. The normalized spacial score (nSPS) is 12.6. The van der Waals surface area contributed by atoms with E-state index in [1.54, 1.807) is 18.2 Å². The van der Waals surface area contributed by atoms with Crippen molar-refractivity contribution in [3.05, 3.63) is 75.9 Å². The maximum Gasteiger partial charge on any atom is 0.336 e. The average molecular weight is 470 g/mol. The third-order valence-corrected chi connectivity index (χ3v) is 5.15. The van der Waals surface area contributed by atoms with Crippen molar-refractivity contribution in [2.45, 2.75) is 31.8 Å². The number of carboxylic acids is 1. The molecule has 3 rings (SSSR count). The molecular formula is C24H23FN2O7. The standard InChI is InChI=1S/C24H23FN2O7/c1-13(28)26-19(9-14-5-3-4-6-18(14)25)23(30)27-20(24(31)32)10-15-11-22(29)34-21-12-16(33-2)7-8-17(15)21/h3-8,11-12,19-20H,9-10H2,1-2H3,(H,26,28)(H,27,30)(H,31,32)/t19-,20-/m0/s1. The van der Waals surface area contributed by atoms with Gasteiger partial charge in [-0.2, -0.15) is 0 Å². The fourth-order valence-corrected chi connectivity index (χ4v) is 3.54. The van der Waals surface area contributed by atoms with Gasteiger partial charge in [0, 0.05) is 37.3 Å². The topological polar surface area (TPSA) is 135 Å². The maximum atomic E-state index is 14.1. The van der Waals surface area contributed by atoms with Gasteiger partial charge in [0.1, 0.15) is 29.2 Å². The van der Waals surface area contributed by atoms with Crippen LogP contribution in [0.3, 0.4) is 0 Å². The number of amides is 2. The van der Waals surface area contributed by atoms with Crippen LogP contribution < -0.4 is 21.0 Å². The van der Waals surface area contributed by atoms with Crippen molar-refractivity contribution < 1.29 is 33.0 Å². The van der Waals surface area contributed by atoms with Gasteiger partial charge in [0.05, 0.1) is 7.11 Å². The molecule has 10 heteroatoms. The first-order valence-electron chi connectivity index (χ1n) is 10.3. The minimum Gasteiger partial charge on any atom is -0.497 e. The summed E-state index contributed by atoms with van der Waals surface area (Å²) in [7, 11) is 1.45. The summed E-state index contributed by atoms with van der Waals surface area (Å²) in [6.07, 6.45) is -0.413. The molecule has 0 saturated carbocycles. The Kier molecular flexibility index (Phi) is 7.62. The van der Waals surface area contributed by atoms with E-state index in [-0.39, 0.29) is 24.0 Å². The van der Waals surface area contributed by atoms with Crippen LogP contribution in [0.1, 0.15) is 18.1 Å². The second kappa shape index (κ2) is 10.6. The molecule has 0 aliphatic rings. The molecule has 1 heterocycles. The molecule has 34 heavy (non-hydrogen) atoms. The Labute approximate surface area is 193 Å². The molecule has 0 fully saturated rings. The quantitative estimate of drug-likeness (QED) is 0.406. The third kappa shape index (κ3) is 5.97. The SMILES string of the molecule is COc1ccc2c(C[C@H](NC(=O)[C@H](Cc3ccccc3F)NC(C)=O)C(=O)O)cc(=O)oc2c1. The zero-order valence-electron chi connectivity index (χ0n) is 18.5. The first-order chi connectivity index (χ1) is 16.2. The van der Waals surface area contributed by atoms with Gasteiger partial charge in [0.25, 0.3) is 0 Å². The molecule has 3 N–H and O–H groups in total. The highest BCUT2D eigenvalue weighted by Crippen LogP contribution is 2.23. The highest BCUT2D eigenvalue weighted by atomic mass is 19.1. The first kappa shape index (κ1) is 24.4. The van der Waals surface area contributed by atoms with Crippen LogP contribution in [-0.4, -0.2) is 42.1 Å². The minimum atomic E-state index is -1.43. The van der Waals surface area contributed by atoms with E-state index in [2.05, 4.69) is 10.6 Å². The van der Waals surface area contributed by atoms with Crippen molar-refractivity contribution in [3.8, 4) is 5.75 Å². The molecule has 2 atom stereocenters. The van der Waals surface area contributed by atoms with Crippen LogP contribution in [-0.2, 0) is 27.2 Å². The number of hydrogen-bond donors (Lipinski definition) is 3. The number of halogens is 1. The van der Waals surface area contributed by atoms with Gasteiger partial charge in [-0.05, 0) is 29.3 Å². The number of carbonyl (C=O) groups is 3. The first-order valence-corrected chi connectivity index (χ1v) is 10.3. The Morgan fingerprint density at radius 2 is 1.74 bits per heavy atom. The van der Waals surface area contributed by atoms with E-state index < -0.39 is 41.3 Å². The molecule has 0 radical (unpaired) electrons. The number of ether oxygens (including phenoxy) is 1. The molecule has 0 aliphatic heterocycles. The predicted octanol–water partition coefficient (Wildman–Crippen LogP) is 1.80. The van der Waals surface area contributed by atoms with Crippen LogP contribution in [0.2, 0.25) is 0 Å². The number of rotatable bonds is 9. The molecule has 0 aliphatic carbocycles. The van der Waals surface area contributed by atoms with Gasteiger partial charge in [-0.25, -0.2) is 14.0 Å². The predicted molar refractivity (Wildman–Crippen MR) is 120 cm³/mol. The maximum absolute atomic E-state index is 14.1. The zero-order valence-corrected chi connectivity index (χ0v) is 18.5. The summed E-state index contributed by atoms with van der Waals surface area (Å²) in [5.41, 5.74) is 0.0329. The van der Waals surface area contributed by atoms with Crippen molar-refractivity contribution >= 4 is 28.8 Å². The smallest absolute Gasteiger partial charge is 0.336 e. The van der Waals surface area contributed by atoms with Crippen molar-refractivity contribution in [2.24, 2.45) is 0 Å². The van der Waals surface area contributed by atoms with Crippen LogP contribution in [0.5, 0.6) is 5.75 Å². The molecule has 178 valence electrons. The monoisotopic (exact) mass is 470 g/mol. The molecule has 1 aromatic heterocycles. The number of methoxy groups -OCH3 is 1. The Balaban J connectivity index is 1.87. The third-order valence-electron chi connectivity index (χ3n) is 5.15. The van der Waals surface area contributed by atoms with Gasteiger partial charge in [-0.3, -0.25) is 9.59 Å². The van der Waals surface area contributed by atoms with E-state index in [0.29, 0.717) is 16.7 Å². The number of fused-ring (bicyclic) bond motifs is 1. The van der Waals surface area contributed by atoms with Gasteiger partial charge in [0.15, 0.2) is 0 Å². The fourth-order valence-electron chi connectivity index (χ4n) is 3.54. The number of carboxylic acid groups (broad SMARTS) is 1. The Hall–Kier alpha value is -4.21. The largest absolute Gasteiger partial charge is 0.497 e. The lowest BCUT2D eigenvalue weighted by atomic mass is 10.0. The van der Waals surface area contributed by atoms with E-state index in [1.807, 2.05) is 0 Å². The number of benzene rings is 2. The van der Waals surface area contributed by atoms with Crippen LogP contribution >= 0.6 is 0 Å². The van der Waals surface area contributed by atoms with Gasteiger partial charge < -0.3 is 24.9 Å². The summed E-state index contributed by atoms with van der Waals surface area (Å²) >= 11 is 0. The van der Waals surface area contributed by atoms with Crippen molar-refractivity contribution in [1.29, 1.82) is 0 Å². The summed E-state index contributed by atoms with van der Waals surface area (Å²) < 4.78 is 24.4. The van der Waals surface area contributed by atoms with E-state index in [1.165, 1.54) is 38.3 Å². The fraction of sp³-hybridized carbons (Fsp3) is 0.250. The molecule has 0 spiro atoms. The Bertz CT molecular complexity index is 1290. The Morgan fingerprint density at radius 1 is 1.03 bits per heavy atom. The minimum absolute atomic E-state index is 0.178. The van der Waals surface area contributed by atoms with E-state index >= 15 is 0 Å². The van der Waals surface area contributed by atoms with Gasteiger partial charge in [-0.15, -0.1) is 0 Å². The molecular weight excluding hydrogens is 447 g/mol. The lowest BCUT2D eigenvalue weighted by Gasteiger charge is -2.21. The van der Waals surface area contributed by atoms with Gasteiger partial charge in [0.2, 0.25) is 11.8 Å². The van der Waals surface area contributed by atoms with Crippen molar-refractivity contribution in [1.82, 2.24) is 10.6 Å². The number of hydrogen-bond acceptors (Lipinski definition) is 6. The van der Waals surface area contributed by atoms with E-state index in [4.69, 9.17) is 9.15 Å². The van der Waals surface area contributed by atoms with Crippen LogP contribution in [0, 0.1) is 5.82 Å². The van der Waals surface area contributed by atoms with Crippen molar-refractivity contribution in [2.75, 3.05) is 7.11 Å². The van der Waals surface area contributed by atoms with E-state index in [0.717, 1.165) is 6.07 Å². The highest BCUT2D eigenvalue weighted by molar-refractivity contribution is 5.91. The second-order valence-electron chi connectivity index (χ2n) is 7.60. The summed E-state index contributed by atoms with van der Waals surface area (Å²) in [5.74, 6) is -2.81. The molecule has 0 unspecified atom stereocenters. The second-order valence-corrected chi connectivity index (χ2v) is 7.60. The molecule has 2 amide bonds. The Morgan fingerprint density at radius 3 is 2.38 bits per heavy atom. The lowest BCUT2D eigenvalue weighted by Crippen LogP contribution is -2.52. The molecule has 0 saturated heterocycles. The zero-order chi connectivity index (χ0) is 24.8. The van der Waals surface area contributed by atoms with Crippen LogP contribution in [0.25, 0.3) is 11.0 Å². The summed E-state index contributed by atoms with van der Waals surface area (Å²) in [6, 6.07) is 9.01. The number of carbonyl (C=O) groups excluding carboxylic acids is 2. The number of aliphatic carboxylic acids is 1. The molecule has 0 bridgehead atoms. The van der Waals surface area contributed by atoms with E-state index in [9.17, 15) is 28.7 Å². The summed E-state index contributed by atoms with van der Waals surface area (Å²) in [6.45, 7) is 1.19. The van der Waals surface area contributed by atoms with Gasteiger partial charge in [-0.1, -0.05) is 18.2 Å². The average Bonchev–Trinajstić information content (AvgIpc) is 2.78.